The van der Waals surface area contributed by atoms with E-state index < -0.39 is 59.3 Å². The Morgan fingerprint density at radius 3 is 1.40 bits per heavy atom. The Morgan fingerprint density at radius 2 is 1.00 bits per heavy atom. The first-order valence-electron chi connectivity index (χ1n) is 16.5. The van der Waals surface area contributed by atoms with Crippen molar-refractivity contribution in [2.45, 2.75) is 50.6 Å². The molecule has 50 heavy (non-hydrogen) atoms. The van der Waals surface area contributed by atoms with Crippen LogP contribution in [0.2, 0.25) is 0 Å². The molecule has 4 heterocycles. The highest BCUT2D eigenvalue weighted by atomic mass is 16.5. The Labute approximate surface area is 286 Å². The summed E-state index contributed by atoms with van der Waals surface area (Å²) in [5.74, 6) is -4.43. The van der Waals surface area contributed by atoms with Gasteiger partial charge in [-0.05, 0) is 49.9 Å². The lowest BCUT2D eigenvalue weighted by Gasteiger charge is -2.27. The molecule has 0 saturated carbocycles. The molecule has 262 valence electrons. The van der Waals surface area contributed by atoms with E-state index in [9.17, 15) is 38.4 Å². The number of carbonyl (C=O) groups is 8. The third-order valence-corrected chi connectivity index (χ3v) is 8.87. The van der Waals surface area contributed by atoms with Gasteiger partial charge in [-0.3, -0.25) is 58.8 Å². The summed E-state index contributed by atoms with van der Waals surface area (Å²) >= 11 is 0. The monoisotopic (exact) mass is 688 g/mol. The Morgan fingerprint density at radius 1 is 0.580 bits per heavy atom. The molecule has 0 radical (unpaired) electrons. The van der Waals surface area contributed by atoms with Crippen molar-refractivity contribution < 1.29 is 47.8 Å². The number of amides is 8. The van der Waals surface area contributed by atoms with Crippen LogP contribution < -0.4 is 21.3 Å². The molecular weight excluding hydrogens is 652 g/mol. The zero-order chi connectivity index (χ0) is 35.4. The van der Waals surface area contributed by atoms with Gasteiger partial charge in [0.25, 0.3) is 23.6 Å². The summed E-state index contributed by atoms with van der Waals surface area (Å²) in [4.78, 5) is 102. The number of ether oxygens (including phenoxy) is 2. The number of nitrogens with zero attached hydrogens (tertiary/aromatic N) is 2. The highest BCUT2D eigenvalue weighted by Gasteiger charge is 2.47. The third-order valence-electron chi connectivity index (χ3n) is 8.87. The van der Waals surface area contributed by atoms with E-state index in [4.69, 9.17) is 9.47 Å². The standard InChI is InChI=1S/C34H36N6O10/c41-25-11-9-23(29(43)37-25)39-31(45)19-5-1-7-21(27(19)33(39)47)35-13-3-15-49-17-18-50-16-4-14-36-22-8-2-6-20-28(22)34(48)40(32(20)46)24-10-12-26(42)38-30(24)44/h1-2,5-8,23-24,35-36H,3-4,9-18H2,(H,37,41,43)(H,38,42,44). The average molecular weight is 689 g/mol. The second-order valence-corrected chi connectivity index (χ2v) is 12.1. The van der Waals surface area contributed by atoms with E-state index in [1.54, 1.807) is 36.4 Å². The Hall–Kier alpha value is -5.48. The van der Waals surface area contributed by atoms with Crippen LogP contribution in [-0.2, 0) is 28.7 Å². The highest BCUT2D eigenvalue weighted by molar-refractivity contribution is 6.26. The van der Waals surface area contributed by atoms with E-state index in [-0.39, 0.29) is 47.9 Å². The molecule has 8 amide bonds. The fourth-order valence-corrected chi connectivity index (χ4v) is 6.44. The van der Waals surface area contributed by atoms with Gasteiger partial charge in [0.1, 0.15) is 12.1 Å². The van der Waals surface area contributed by atoms with Crippen molar-refractivity contribution >= 4 is 58.6 Å². The van der Waals surface area contributed by atoms with Crippen LogP contribution in [0.4, 0.5) is 11.4 Å². The number of hydrogen-bond acceptors (Lipinski definition) is 12. The number of imide groups is 4. The summed E-state index contributed by atoms with van der Waals surface area (Å²) in [6.07, 6.45) is 1.50. The molecule has 4 aliphatic rings. The van der Waals surface area contributed by atoms with Crippen molar-refractivity contribution in [2.75, 3.05) is 50.2 Å². The van der Waals surface area contributed by atoms with Gasteiger partial charge in [0.15, 0.2) is 0 Å². The molecule has 0 aromatic heterocycles. The van der Waals surface area contributed by atoms with Crippen LogP contribution in [0.25, 0.3) is 0 Å². The Bertz CT molecular complexity index is 1650. The van der Waals surface area contributed by atoms with E-state index in [0.29, 0.717) is 63.7 Å². The molecule has 6 rings (SSSR count). The van der Waals surface area contributed by atoms with Gasteiger partial charge in [-0.15, -0.1) is 0 Å². The number of hydrogen-bond donors (Lipinski definition) is 4. The predicted octanol–water partition coefficient (Wildman–Crippen LogP) is 0.826. The normalized spacial score (nSPS) is 20.2. The van der Waals surface area contributed by atoms with E-state index >= 15 is 0 Å². The molecule has 0 bridgehead atoms. The number of fused-ring (bicyclic) bond motifs is 2. The quantitative estimate of drug-likeness (QED) is 0.152. The Kier molecular flexibility index (Phi) is 10.3. The van der Waals surface area contributed by atoms with Gasteiger partial charge in [0.05, 0.1) is 35.5 Å². The van der Waals surface area contributed by atoms with E-state index in [2.05, 4.69) is 21.3 Å². The lowest BCUT2D eigenvalue weighted by atomic mass is 10.0. The van der Waals surface area contributed by atoms with Gasteiger partial charge in [0, 0.05) is 50.5 Å². The molecule has 2 aromatic rings. The van der Waals surface area contributed by atoms with Gasteiger partial charge >= 0.3 is 0 Å². The SMILES string of the molecule is O=C1CCC(N2C(=O)c3cccc(NCCCOCCOCCCNc4cccc5c4C(=O)N(C4CCC(=O)NC4=O)C5=O)c3C2=O)C(=O)N1. The van der Waals surface area contributed by atoms with Crippen LogP contribution in [0.15, 0.2) is 36.4 Å². The van der Waals surface area contributed by atoms with Crippen molar-refractivity contribution in [1.29, 1.82) is 0 Å². The number of piperidine rings is 2. The maximum atomic E-state index is 13.2. The second-order valence-electron chi connectivity index (χ2n) is 12.1. The van der Waals surface area contributed by atoms with Gasteiger partial charge in [0.2, 0.25) is 23.6 Å². The molecule has 2 fully saturated rings. The van der Waals surface area contributed by atoms with Gasteiger partial charge in [-0.2, -0.15) is 0 Å². The van der Waals surface area contributed by atoms with Crippen molar-refractivity contribution in [1.82, 2.24) is 20.4 Å². The maximum absolute atomic E-state index is 13.2. The summed E-state index contributed by atoms with van der Waals surface area (Å²) in [5, 5.41) is 10.7. The van der Waals surface area contributed by atoms with Crippen LogP contribution in [0, 0.1) is 0 Å². The molecule has 2 aromatic carbocycles. The molecule has 0 aliphatic carbocycles. The fraction of sp³-hybridized carbons (Fsp3) is 0.412. The molecule has 2 unspecified atom stereocenters. The number of rotatable bonds is 15. The van der Waals surface area contributed by atoms with Crippen LogP contribution >= 0.6 is 0 Å². The topological polar surface area (TPSA) is 210 Å². The van der Waals surface area contributed by atoms with Gasteiger partial charge in [-0.25, -0.2) is 0 Å². The molecule has 16 heteroatoms. The van der Waals surface area contributed by atoms with Crippen molar-refractivity contribution in [3.63, 3.8) is 0 Å². The zero-order valence-corrected chi connectivity index (χ0v) is 27.1. The molecule has 16 nitrogen and oxygen atoms in total. The van der Waals surface area contributed by atoms with Gasteiger partial charge in [-0.1, -0.05) is 12.1 Å². The first-order chi connectivity index (χ1) is 24.2. The summed E-state index contributed by atoms with van der Waals surface area (Å²) < 4.78 is 11.3. The minimum absolute atomic E-state index is 0.0518. The number of anilines is 2. The first-order valence-corrected chi connectivity index (χ1v) is 16.5. The van der Waals surface area contributed by atoms with E-state index in [1.165, 1.54) is 0 Å². The predicted molar refractivity (Wildman–Crippen MR) is 174 cm³/mol. The zero-order valence-electron chi connectivity index (χ0n) is 27.1. The van der Waals surface area contributed by atoms with Crippen LogP contribution in [0.1, 0.15) is 80.0 Å². The van der Waals surface area contributed by atoms with Crippen molar-refractivity contribution in [3.05, 3.63) is 58.7 Å². The molecule has 2 atom stereocenters. The summed E-state index contributed by atoms with van der Waals surface area (Å²) in [6, 6.07) is 7.75. The molecule has 0 spiro atoms. The second kappa shape index (κ2) is 15.0. The average Bonchev–Trinajstić information content (AvgIpc) is 3.50. The van der Waals surface area contributed by atoms with Crippen LogP contribution in [0.3, 0.4) is 0 Å². The highest BCUT2D eigenvalue weighted by Crippen LogP contribution is 2.33. The third kappa shape index (κ3) is 6.84. The first kappa shape index (κ1) is 34.4. The van der Waals surface area contributed by atoms with Gasteiger partial charge < -0.3 is 20.1 Å². The smallest absolute Gasteiger partial charge is 0.264 e. The minimum Gasteiger partial charge on any atom is -0.384 e. The number of carbonyl (C=O) groups excluding carboxylic acids is 8. The maximum Gasteiger partial charge on any atom is 0.264 e. The van der Waals surface area contributed by atoms with Crippen molar-refractivity contribution in [3.8, 4) is 0 Å². The number of nitrogens with one attached hydrogen (secondary N) is 4. The van der Waals surface area contributed by atoms with Crippen molar-refractivity contribution in [2.24, 2.45) is 0 Å². The molecule has 4 aliphatic heterocycles. The summed E-state index contributed by atoms with van der Waals surface area (Å²) in [5.41, 5.74) is 1.79. The molecular formula is C34H36N6O10. The van der Waals surface area contributed by atoms with E-state index in [0.717, 1.165) is 9.80 Å². The largest absolute Gasteiger partial charge is 0.384 e. The van der Waals surface area contributed by atoms with E-state index in [1.807, 2.05) is 0 Å². The summed E-state index contributed by atoms with van der Waals surface area (Å²) in [7, 11) is 0. The molecule has 4 N–H and O–H groups in total. The van der Waals surface area contributed by atoms with Crippen LogP contribution in [0.5, 0.6) is 0 Å². The molecule has 2 saturated heterocycles. The fourth-order valence-electron chi connectivity index (χ4n) is 6.44. The lowest BCUT2D eigenvalue weighted by molar-refractivity contribution is -0.137. The minimum atomic E-state index is -1.03. The lowest BCUT2D eigenvalue weighted by Crippen LogP contribution is -2.54. The summed E-state index contributed by atoms with van der Waals surface area (Å²) in [6.45, 7) is 2.49. The Balaban J connectivity index is 0.866. The number of benzene rings is 2. The van der Waals surface area contributed by atoms with Crippen LogP contribution in [-0.4, -0.2) is 109 Å².